The first-order valence-electron chi connectivity index (χ1n) is 7.48. The highest BCUT2D eigenvalue weighted by Gasteiger charge is 2.34. The first-order valence-corrected chi connectivity index (χ1v) is 8.81. The Labute approximate surface area is 137 Å². The smallest absolute Gasteiger partial charge is 0.139 e. The minimum atomic E-state index is -0.248. The van der Waals surface area contributed by atoms with Crippen LogP contribution in [0.1, 0.15) is 45.0 Å². The quantitative estimate of drug-likeness (QED) is 0.633. The van der Waals surface area contributed by atoms with E-state index >= 15 is 0 Å². The van der Waals surface area contributed by atoms with E-state index in [-0.39, 0.29) is 5.82 Å². The topological polar surface area (TPSA) is 17.8 Å². The first-order chi connectivity index (χ1) is 10.1. The lowest BCUT2D eigenvalue weighted by molar-refractivity contribution is 0.330. The summed E-state index contributed by atoms with van der Waals surface area (Å²) in [6.45, 7) is 4.54. The number of halogens is 3. The van der Waals surface area contributed by atoms with E-state index in [2.05, 4.69) is 39.3 Å². The Bertz CT molecular complexity index is 670. The lowest BCUT2D eigenvalue weighted by Gasteiger charge is -2.23. The largest absolute Gasteiger partial charge is 0.323 e. The fourth-order valence-electron chi connectivity index (χ4n) is 3.77. The molecule has 5 heteroatoms. The molecular weight excluding hydrogens is 355 g/mol. The van der Waals surface area contributed by atoms with Crippen molar-refractivity contribution >= 4 is 38.6 Å². The van der Waals surface area contributed by atoms with Crippen molar-refractivity contribution < 1.29 is 4.39 Å². The summed E-state index contributed by atoms with van der Waals surface area (Å²) in [5.41, 5.74) is 1.67. The molecule has 3 unspecified atom stereocenters. The molecular formula is C16H19BrClFN2. The number of aromatic nitrogens is 2. The van der Waals surface area contributed by atoms with Gasteiger partial charge in [-0.2, -0.15) is 0 Å². The van der Waals surface area contributed by atoms with Crippen LogP contribution >= 0.6 is 27.5 Å². The summed E-state index contributed by atoms with van der Waals surface area (Å²) in [5, 5.41) is 0. The van der Waals surface area contributed by atoms with Crippen LogP contribution in [0.3, 0.4) is 0 Å². The molecule has 0 saturated heterocycles. The van der Waals surface area contributed by atoms with Crippen LogP contribution in [0.5, 0.6) is 0 Å². The fourth-order valence-corrected chi connectivity index (χ4v) is 4.29. The van der Waals surface area contributed by atoms with Gasteiger partial charge in [0.2, 0.25) is 0 Å². The summed E-state index contributed by atoms with van der Waals surface area (Å²) < 4.78 is 16.6. The van der Waals surface area contributed by atoms with Gasteiger partial charge in [-0.3, -0.25) is 0 Å². The van der Waals surface area contributed by atoms with Crippen LogP contribution in [0, 0.1) is 17.7 Å². The number of benzene rings is 1. The van der Waals surface area contributed by atoms with E-state index in [0.717, 1.165) is 29.2 Å². The number of hydrogen-bond acceptors (Lipinski definition) is 1. The van der Waals surface area contributed by atoms with E-state index in [1.165, 1.54) is 12.8 Å². The lowest BCUT2D eigenvalue weighted by Crippen LogP contribution is -2.17. The van der Waals surface area contributed by atoms with Gasteiger partial charge in [0.15, 0.2) is 0 Å². The average molecular weight is 374 g/mol. The van der Waals surface area contributed by atoms with E-state index in [1.807, 2.05) is 0 Å². The summed E-state index contributed by atoms with van der Waals surface area (Å²) in [4.78, 5) is 4.60. The third kappa shape index (κ3) is 2.50. The molecule has 0 N–H and O–H groups in total. The SMILES string of the molecule is CCC1CCC(n2c(CCl)nc3cc(Br)c(F)cc32)C1C. The molecule has 1 fully saturated rings. The third-order valence-electron chi connectivity index (χ3n) is 4.96. The molecule has 0 spiro atoms. The first kappa shape index (κ1) is 15.3. The van der Waals surface area contributed by atoms with Crippen LogP contribution in [0.15, 0.2) is 16.6 Å². The van der Waals surface area contributed by atoms with Crippen molar-refractivity contribution in [2.75, 3.05) is 0 Å². The van der Waals surface area contributed by atoms with Gasteiger partial charge in [0.25, 0.3) is 0 Å². The van der Waals surface area contributed by atoms with E-state index in [0.29, 0.717) is 22.3 Å². The van der Waals surface area contributed by atoms with Gasteiger partial charge in [0.1, 0.15) is 11.6 Å². The molecule has 1 aromatic heterocycles. The Morgan fingerprint density at radius 1 is 1.43 bits per heavy atom. The van der Waals surface area contributed by atoms with Gasteiger partial charge in [-0.15, -0.1) is 11.6 Å². The molecule has 1 heterocycles. The van der Waals surface area contributed by atoms with Gasteiger partial charge in [-0.05, 0) is 46.7 Å². The molecule has 2 nitrogen and oxygen atoms in total. The predicted octanol–water partition coefficient (Wildman–Crippen LogP) is 5.67. The fraction of sp³-hybridized carbons (Fsp3) is 0.562. The summed E-state index contributed by atoms with van der Waals surface area (Å²) >= 11 is 9.32. The van der Waals surface area contributed by atoms with E-state index in [4.69, 9.17) is 11.6 Å². The zero-order valence-corrected chi connectivity index (χ0v) is 14.6. The van der Waals surface area contributed by atoms with Crippen LogP contribution in [-0.4, -0.2) is 9.55 Å². The molecule has 0 radical (unpaired) electrons. The lowest BCUT2D eigenvalue weighted by atomic mass is 9.93. The van der Waals surface area contributed by atoms with Crippen LogP contribution in [0.4, 0.5) is 4.39 Å². The number of imidazole rings is 1. The van der Waals surface area contributed by atoms with Crippen molar-refractivity contribution in [1.29, 1.82) is 0 Å². The molecule has 114 valence electrons. The number of fused-ring (bicyclic) bond motifs is 1. The van der Waals surface area contributed by atoms with Gasteiger partial charge in [0, 0.05) is 12.1 Å². The van der Waals surface area contributed by atoms with Crippen LogP contribution < -0.4 is 0 Å². The maximum Gasteiger partial charge on any atom is 0.139 e. The maximum atomic E-state index is 13.9. The van der Waals surface area contributed by atoms with Crippen LogP contribution in [-0.2, 0) is 5.88 Å². The molecule has 2 aromatic rings. The van der Waals surface area contributed by atoms with Gasteiger partial charge >= 0.3 is 0 Å². The summed E-state index contributed by atoms with van der Waals surface area (Å²) in [6, 6.07) is 3.69. The number of rotatable bonds is 3. The number of nitrogens with zero attached hydrogens (tertiary/aromatic N) is 2. The summed E-state index contributed by atoms with van der Waals surface area (Å²) in [5.74, 6) is 2.26. The maximum absolute atomic E-state index is 13.9. The van der Waals surface area contributed by atoms with E-state index in [9.17, 15) is 4.39 Å². The minimum absolute atomic E-state index is 0.248. The molecule has 0 amide bonds. The molecule has 0 aliphatic heterocycles. The molecule has 1 saturated carbocycles. The van der Waals surface area contributed by atoms with Gasteiger partial charge in [0.05, 0.1) is 21.4 Å². The summed E-state index contributed by atoms with van der Waals surface area (Å²) in [7, 11) is 0. The average Bonchev–Trinajstić information content (AvgIpc) is 2.99. The van der Waals surface area contributed by atoms with E-state index < -0.39 is 0 Å². The van der Waals surface area contributed by atoms with Crippen molar-refractivity contribution in [3.63, 3.8) is 0 Å². The molecule has 1 aromatic carbocycles. The number of alkyl halides is 1. The van der Waals surface area contributed by atoms with Gasteiger partial charge in [-0.25, -0.2) is 9.37 Å². The molecule has 3 atom stereocenters. The Kier molecular flexibility index (Phi) is 4.28. The van der Waals surface area contributed by atoms with Crippen molar-refractivity contribution in [1.82, 2.24) is 9.55 Å². The minimum Gasteiger partial charge on any atom is -0.323 e. The Balaban J connectivity index is 2.15. The second kappa shape index (κ2) is 5.88. The van der Waals surface area contributed by atoms with Crippen molar-refractivity contribution in [2.45, 2.75) is 45.0 Å². The molecule has 1 aliphatic rings. The Hall–Kier alpha value is -0.610. The predicted molar refractivity (Wildman–Crippen MR) is 88.2 cm³/mol. The van der Waals surface area contributed by atoms with E-state index in [1.54, 1.807) is 12.1 Å². The summed E-state index contributed by atoms with van der Waals surface area (Å²) in [6.07, 6.45) is 3.54. The normalized spacial score (nSPS) is 25.9. The highest BCUT2D eigenvalue weighted by molar-refractivity contribution is 9.10. The van der Waals surface area contributed by atoms with Crippen molar-refractivity contribution in [3.05, 3.63) is 28.2 Å². The molecule has 1 aliphatic carbocycles. The monoisotopic (exact) mass is 372 g/mol. The van der Waals surface area contributed by atoms with Gasteiger partial charge < -0.3 is 4.57 Å². The zero-order valence-electron chi connectivity index (χ0n) is 12.2. The highest BCUT2D eigenvalue weighted by atomic mass is 79.9. The van der Waals surface area contributed by atoms with Crippen molar-refractivity contribution in [2.24, 2.45) is 11.8 Å². The number of hydrogen-bond donors (Lipinski definition) is 0. The second-order valence-corrected chi connectivity index (χ2v) is 7.08. The second-order valence-electron chi connectivity index (χ2n) is 5.96. The zero-order chi connectivity index (χ0) is 15.1. The van der Waals surface area contributed by atoms with Crippen LogP contribution in [0.25, 0.3) is 11.0 Å². The van der Waals surface area contributed by atoms with Gasteiger partial charge in [-0.1, -0.05) is 20.3 Å². The van der Waals surface area contributed by atoms with Crippen molar-refractivity contribution in [3.8, 4) is 0 Å². The van der Waals surface area contributed by atoms with Crippen LogP contribution in [0.2, 0.25) is 0 Å². The third-order valence-corrected chi connectivity index (χ3v) is 5.81. The molecule has 0 bridgehead atoms. The molecule has 3 rings (SSSR count). The Morgan fingerprint density at radius 2 is 2.19 bits per heavy atom. The molecule has 21 heavy (non-hydrogen) atoms. The standard InChI is InChI=1S/C16H19BrClFN2/c1-3-10-4-5-14(9(10)2)21-15-7-12(19)11(17)6-13(15)20-16(21)8-18/h6-7,9-10,14H,3-5,8H2,1-2H3. The Morgan fingerprint density at radius 3 is 2.81 bits per heavy atom. The highest BCUT2D eigenvalue weighted by Crippen LogP contribution is 2.44.